The number of carbonyl (C=O) groups excluding carboxylic acids is 1. The third-order valence-corrected chi connectivity index (χ3v) is 3.26. The van der Waals surface area contributed by atoms with E-state index < -0.39 is 0 Å². The van der Waals surface area contributed by atoms with Gasteiger partial charge in [0.25, 0.3) is 0 Å². The van der Waals surface area contributed by atoms with Crippen LogP contribution in [0.3, 0.4) is 0 Å². The highest BCUT2D eigenvalue weighted by molar-refractivity contribution is 5.79. The second kappa shape index (κ2) is 5.87. The fraction of sp³-hybridized carbons (Fsp3) is 0.500. The summed E-state index contributed by atoms with van der Waals surface area (Å²) in [5, 5.41) is 9.55. The molecule has 1 aromatic carbocycles. The lowest BCUT2D eigenvalue weighted by molar-refractivity contribution is -0.133. The monoisotopic (exact) mass is 249 g/mol. The minimum Gasteiger partial charge on any atom is -0.497 e. The zero-order valence-electron chi connectivity index (χ0n) is 10.6. The highest BCUT2D eigenvalue weighted by atomic mass is 16.5. The van der Waals surface area contributed by atoms with E-state index in [1.807, 2.05) is 24.3 Å². The van der Waals surface area contributed by atoms with Gasteiger partial charge in [0.1, 0.15) is 5.75 Å². The quantitative estimate of drug-likeness (QED) is 0.876. The van der Waals surface area contributed by atoms with Gasteiger partial charge in [0.15, 0.2) is 0 Å². The van der Waals surface area contributed by atoms with E-state index >= 15 is 0 Å². The Balaban J connectivity index is 1.93. The van der Waals surface area contributed by atoms with Crippen molar-refractivity contribution in [1.29, 1.82) is 0 Å². The second-order valence-electron chi connectivity index (χ2n) is 4.66. The predicted molar refractivity (Wildman–Crippen MR) is 68.5 cm³/mol. The number of hydrogen-bond donors (Lipinski definition) is 1. The largest absolute Gasteiger partial charge is 0.497 e. The molecule has 0 aromatic heterocycles. The first-order valence-corrected chi connectivity index (χ1v) is 6.28. The summed E-state index contributed by atoms with van der Waals surface area (Å²) in [4.78, 5) is 13.8. The standard InChI is InChI=1S/C14H19NO3/c1-18-13-6-4-11(5-7-13)9-14(17)15-8-2-3-12(16)10-15/h4-7,12,16H,2-3,8-10H2,1H3. The Morgan fingerprint density at radius 1 is 1.44 bits per heavy atom. The number of carbonyl (C=O) groups is 1. The van der Waals surface area contributed by atoms with Crippen LogP contribution in [0.5, 0.6) is 5.75 Å². The molecule has 1 aliphatic rings. The van der Waals surface area contributed by atoms with Crippen molar-refractivity contribution in [2.75, 3.05) is 20.2 Å². The van der Waals surface area contributed by atoms with Gasteiger partial charge in [-0.15, -0.1) is 0 Å². The topological polar surface area (TPSA) is 49.8 Å². The van der Waals surface area contributed by atoms with E-state index in [0.29, 0.717) is 13.0 Å². The average molecular weight is 249 g/mol. The number of aliphatic hydroxyl groups is 1. The van der Waals surface area contributed by atoms with Gasteiger partial charge in [0.2, 0.25) is 5.91 Å². The number of rotatable bonds is 3. The molecule has 18 heavy (non-hydrogen) atoms. The van der Waals surface area contributed by atoms with Crippen molar-refractivity contribution in [3.63, 3.8) is 0 Å². The molecule has 98 valence electrons. The predicted octanol–water partition coefficient (Wildman–Crippen LogP) is 1.22. The first kappa shape index (κ1) is 12.9. The van der Waals surface area contributed by atoms with Crippen LogP contribution in [0.2, 0.25) is 0 Å². The lowest BCUT2D eigenvalue weighted by Gasteiger charge is -2.30. The third kappa shape index (κ3) is 3.23. The van der Waals surface area contributed by atoms with Crippen molar-refractivity contribution in [1.82, 2.24) is 4.90 Å². The van der Waals surface area contributed by atoms with Crippen LogP contribution in [0, 0.1) is 0 Å². The van der Waals surface area contributed by atoms with Crippen molar-refractivity contribution in [3.05, 3.63) is 29.8 Å². The SMILES string of the molecule is COc1ccc(CC(=O)N2CCCC(O)C2)cc1. The molecular formula is C14H19NO3. The van der Waals surface area contributed by atoms with Crippen LogP contribution in [0.1, 0.15) is 18.4 Å². The van der Waals surface area contributed by atoms with E-state index in [1.165, 1.54) is 0 Å². The molecule has 1 fully saturated rings. The molecule has 1 aromatic rings. The Kier molecular flexibility index (Phi) is 4.20. The van der Waals surface area contributed by atoms with Gasteiger partial charge in [0, 0.05) is 13.1 Å². The summed E-state index contributed by atoms with van der Waals surface area (Å²) in [6.45, 7) is 1.22. The van der Waals surface area contributed by atoms with Crippen LogP contribution < -0.4 is 4.74 Å². The molecule has 4 heteroatoms. The summed E-state index contributed by atoms with van der Waals surface area (Å²) in [6.07, 6.45) is 1.71. The maximum atomic E-state index is 12.1. The van der Waals surface area contributed by atoms with Crippen molar-refractivity contribution in [3.8, 4) is 5.75 Å². The minimum atomic E-state index is -0.362. The molecule has 0 aliphatic carbocycles. The van der Waals surface area contributed by atoms with Gasteiger partial charge >= 0.3 is 0 Å². The number of amides is 1. The van der Waals surface area contributed by atoms with Crippen LogP contribution in [-0.2, 0) is 11.2 Å². The normalized spacial score (nSPS) is 19.7. The van der Waals surface area contributed by atoms with Gasteiger partial charge in [-0.05, 0) is 30.5 Å². The average Bonchev–Trinajstić information content (AvgIpc) is 2.39. The van der Waals surface area contributed by atoms with Gasteiger partial charge in [0.05, 0.1) is 19.6 Å². The van der Waals surface area contributed by atoms with Crippen LogP contribution >= 0.6 is 0 Å². The van der Waals surface area contributed by atoms with E-state index in [2.05, 4.69) is 0 Å². The van der Waals surface area contributed by atoms with Gasteiger partial charge in [-0.2, -0.15) is 0 Å². The number of ether oxygens (including phenoxy) is 1. The number of likely N-dealkylation sites (tertiary alicyclic amines) is 1. The zero-order valence-corrected chi connectivity index (χ0v) is 10.6. The van der Waals surface area contributed by atoms with Gasteiger partial charge in [-0.3, -0.25) is 4.79 Å². The molecule has 2 rings (SSSR count). The van der Waals surface area contributed by atoms with E-state index in [-0.39, 0.29) is 12.0 Å². The van der Waals surface area contributed by atoms with Crippen LogP contribution in [-0.4, -0.2) is 42.2 Å². The van der Waals surface area contributed by atoms with Crippen molar-refractivity contribution in [2.45, 2.75) is 25.4 Å². The van der Waals surface area contributed by atoms with Crippen molar-refractivity contribution < 1.29 is 14.6 Å². The zero-order chi connectivity index (χ0) is 13.0. The molecule has 1 saturated heterocycles. The Labute approximate surface area is 107 Å². The fourth-order valence-corrected chi connectivity index (χ4v) is 2.21. The summed E-state index contributed by atoms with van der Waals surface area (Å²) in [5.74, 6) is 0.874. The molecule has 1 unspecified atom stereocenters. The third-order valence-electron chi connectivity index (χ3n) is 3.26. The van der Waals surface area contributed by atoms with E-state index in [4.69, 9.17) is 4.74 Å². The lowest BCUT2D eigenvalue weighted by atomic mass is 10.1. The maximum absolute atomic E-state index is 12.1. The Bertz CT molecular complexity index is 402. The number of methoxy groups -OCH3 is 1. The van der Waals surface area contributed by atoms with E-state index in [9.17, 15) is 9.90 Å². The molecular weight excluding hydrogens is 230 g/mol. The Morgan fingerprint density at radius 3 is 2.78 bits per heavy atom. The van der Waals surface area contributed by atoms with Crippen molar-refractivity contribution in [2.24, 2.45) is 0 Å². The molecule has 0 bridgehead atoms. The maximum Gasteiger partial charge on any atom is 0.227 e. The molecule has 4 nitrogen and oxygen atoms in total. The molecule has 1 N–H and O–H groups in total. The fourth-order valence-electron chi connectivity index (χ4n) is 2.21. The number of hydrogen-bond acceptors (Lipinski definition) is 3. The van der Waals surface area contributed by atoms with E-state index in [0.717, 1.165) is 30.7 Å². The molecule has 0 radical (unpaired) electrons. The van der Waals surface area contributed by atoms with Gasteiger partial charge in [-0.1, -0.05) is 12.1 Å². The number of aliphatic hydroxyl groups excluding tert-OH is 1. The molecule has 0 saturated carbocycles. The summed E-state index contributed by atoms with van der Waals surface area (Å²) >= 11 is 0. The molecule has 0 spiro atoms. The molecule has 1 atom stereocenters. The first-order valence-electron chi connectivity index (χ1n) is 6.28. The highest BCUT2D eigenvalue weighted by Gasteiger charge is 2.21. The number of β-amino-alcohol motifs (C(OH)–C–C–N with tert-alkyl or cyclic N) is 1. The molecule has 1 aliphatic heterocycles. The van der Waals surface area contributed by atoms with Crippen LogP contribution in [0.15, 0.2) is 24.3 Å². The first-order chi connectivity index (χ1) is 8.69. The highest BCUT2D eigenvalue weighted by Crippen LogP contribution is 2.14. The smallest absolute Gasteiger partial charge is 0.227 e. The number of piperidine rings is 1. The van der Waals surface area contributed by atoms with Crippen LogP contribution in [0.4, 0.5) is 0 Å². The minimum absolute atomic E-state index is 0.0823. The molecule has 1 amide bonds. The Hall–Kier alpha value is -1.55. The lowest BCUT2D eigenvalue weighted by Crippen LogP contribution is -2.42. The number of nitrogens with zero attached hydrogens (tertiary/aromatic N) is 1. The second-order valence-corrected chi connectivity index (χ2v) is 4.66. The van der Waals surface area contributed by atoms with Crippen LogP contribution in [0.25, 0.3) is 0 Å². The summed E-state index contributed by atoms with van der Waals surface area (Å²) in [7, 11) is 1.62. The number of benzene rings is 1. The van der Waals surface area contributed by atoms with Crippen molar-refractivity contribution >= 4 is 5.91 Å². The molecule has 1 heterocycles. The summed E-state index contributed by atoms with van der Waals surface area (Å²) in [5.41, 5.74) is 0.973. The summed E-state index contributed by atoms with van der Waals surface area (Å²) < 4.78 is 5.08. The Morgan fingerprint density at radius 2 is 2.17 bits per heavy atom. The van der Waals surface area contributed by atoms with Gasteiger partial charge in [-0.25, -0.2) is 0 Å². The summed E-state index contributed by atoms with van der Waals surface area (Å²) in [6, 6.07) is 7.51. The van der Waals surface area contributed by atoms with E-state index in [1.54, 1.807) is 12.0 Å². The van der Waals surface area contributed by atoms with Gasteiger partial charge < -0.3 is 14.7 Å².